The highest BCUT2D eigenvalue weighted by molar-refractivity contribution is 5.72. The SMILES string of the molecule is C[C@@H]1CCN(C)c2ccccc2N1Cc1nccn1C. The smallest absolute Gasteiger partial charge is 0.127 e. The van der Waals surface area contributed by atoms with Gasteiger partial charge in [0.25, 0.3) is 0 Å². The van der Waals surface area contributed by atoms with E-state index in [0.717, 1.165) is 25.3 Å². The average molecular weight is 270 g/mol. The lowest BCUT2D eigenvalue weighted by molar-refractivity contribution is 0.583. The van der Waals surface area contributed by atoms with E-state index in [0.29, 0.717) is 6.04 Å². The van der Waals surface area contributed by atoms with Crippen LogP contribution < -0.4 is 9.80 Å². The van der Waals surface area contributed by atoms with Crippen molar-refractivity contribution in [2.75, 3.05) is 23.4 Å². The Labute approximate surface area is 120 Å². The third-order valence-electron chi connectivity index (χ3n) is 4.25. The van der Waals surface area contributed by atoms with Crippen molar-refractivity contribution >= 4 is 11.4 Å². The topological polar surface area (TPSA) is 24.3 Å². The number of nitrogens with zero attached hydrogens (tertiary/aromatic N) is 4. The molecule has 20 heavy (non-hydrogen) atoms. The molecule has 2 heterocycles. The van der Waals surface area contributed by atoms with E-state index >= 15 is 0 Å². The summed E-state index contributed by atoms with van der Waals surface area (Å²) in [5.41, 5.74) is 2.62. The van der Waals surface area contributed by atoms with E-state index < -0.39 is 0 Å². The van der Waals surface area contributed by atoms with Crippen LogP contribution in [0.15, 0.2) is 36.7 Å². The van der Waals surface area contributed by atoms with Gasteiger partial charge in [-0.3, -0.25) is 0 Å². The van der Waals surface area contributed by atoms with Gasteiger partial charge in [-0.2, -0.15) is 0 Å². The average Bonchev–Trinajstić information content (AvgIpc) is 2.82. The molecule has 0 radical (unpaired) electrons. The van der Waals surface area contributed by atoms with Crippen molar-refractivity contribution in [3.05, 3.63) is 42.5 Å². The Balaban J connectivity index is 1.99. The van der Waals surface area contributed by atoms with Gasteiger partial charge in [0.05, 0.1) is 17.9 Å². The summed E-state index contributed by atoms with van der Waals surface area (Å²) >= 11 is 0. The highest BCUT2D eigenvalue weighted by atomic mass is 15.2. The van der Waals surface area contributed by atoms with Gasteiger partial charge in [0.15, 0.2) is 0 Å². The number of aromatic nitrogens is 2. The number of para-hydroxylation sites is 2. The van der Waals surface area contributed by atoms with E-state index in [2.05, 4.69) is 64.6 Å². The molecule has 1 aliphatic rings. The second kappa shape index (κ2) is 5.19. The van der Waals surface area contributed by atoms with Crippen LogP contribution in [-0.2, 0) is 13.6 Å². The fraction of sp³-hybridized carbons (Fsp3) is 0.438. The Kier molecular flexibility index (Phi) is 3.38. The van der Waals surface area contributed by atoms with Crippen molar-refractivity contribution in [2.24, 2.45) is 7.05 Å². The summed E-state index contributed by atoms with van der Waals surface area (Å²) in [6.45, 7) is 4.25. The molecule has 106 valence electrons. The second-order valence-electron chi connectivity index (χ2n) is 5.63. The molecule has 1 aliphatic heterocycles. The number of imidazole rings is 1. The predicted octanol–water partition coefficient (Wildman–Crippen LogP) is 2.66. The van der Waals surface area contributed by atoms with Crippen molar-refractivity contribution in [1.82, 2.24) is 9.55 Å². The third kappa shape index (κ3) is 2.26. The van der Waals surface area contributed by atoms with Crippen molar-refractivity contribution in [3.8, 4) is 0 Å². The molecule has 2 aromatic rings. The molecular weight excluding hydrogens is 248 g/mol. The monoisotopic (exact) mass is 270 g/mol. The second-order valence-corrected chi connectivity index (χ2v) is 5.63. The molecule has 0 fully saturated rings. The van der Waals surface area contributed by atoms with Crippen LogP contribution in [-0.4, -0.2) is 29.2 Å². The summed E-state index contributed by atoms with van der Waals surface area (Å²) in [5, 5.41) is 0. The molecule has 0 saturated carbocycles. The maximum Gasteiger partial charge on any atom is 0.127 e. The van der Waals surface area contributed by atoms with Gasteiger partial charge in [-0.1, -0.05) is 12.1 Å². The van der Waals surface area contributed by atoms with Gasteiger partial charge in [0.1, 0.15) is 5.82 Å². The van der Waals surface area contributed by atoms with E-state index in [4.69, 9.17) is 0 Å². The van der Waals surface area contributed by atoms with Gasteiger partial charge in [0.2, 0.25) is 0 Å². The first-order valence-corrected chi connectivity index (χ1v) is 7.20. The highest BCUT2D eigenvalue weighted by Crippen LogP contribution is 2.34. The lowest BCUT2D eigenvalue weighted by atomic mass is 10.2. The fourth-order valence-corrected chi connectivity index (χ4v) is 2.87. The van der Waals surface area contributed by atoms with Crippen LogP contribution in [0.3, 0.4) is 0 Å². The number of hydrogen-bond acceptors (Lipinski definition) is 3. The van der Waals surface area contributed by atoms with E-state index in [9.17, 15) is 0 Å². The minimum absolute atomic E-state index is 0.512. The van der Waals surface area contributed by atoms with E-state index in [1.54, 1.807) is 0 Å². The molecule has 0 bridgehead atoms. The Morgan fingerprint density at radius 3 is 2.65 bits per heavy atom. The normalized spacial score (nSPS) is 18.9. The molecule has 0 spiro atoms. The van der Waals surface area contributed by atoms with Crippen molar-refractivity contribution < 1.29 is 0 Å². The van der Waals surface area contributed by atoms with Crippen LogP contribution in [0.25, 0.3) is 0 Å². The summed E-state index contributed by atoms with van der Waals surface area (Å²) in [7, 11) is 4.23. The van der Waals surface area contributed by atoms with Crippen molar-refractivity contribution in [1.29, 1.82) is 0 Å². The lowest BCUT2D eigenvalue weighted by Crippen LogP contribution is -2.33. The fourth-order valence-electron chi connectivity index (χ4n) is 2.87. The largest absolute Gasteiger partial charge is 0.373 e. The molecule has 4 heteroatoms. The van der Waals surface area contributed by atoms with Crippen molar-refractivity contribution in [2.45, 2.75) is 25.9 Å². The number of anilines is 2. The third-order valence-corrected chi connectivity index (χ3v) is 4.25. The molecule has 0 unspecified atom stereocenters. The lowest BCUT2D eigenvalue weighted by Gasteiger charge is -2.30. The Hall–Kier alpha value is -1.97. The minimum atomic E-state index is 0.512. The Bertz CT molecular complexity index is 590. The van der Waals surface area contributed by atoms with Crippen LogP contribution in [0.1, 0.15) is 19.2 Å². The zero-order chi connectivity index (χ0) is 14.1. The first-order valence-electron chi connectivity index (χ1n) is 7.20. The van der Waals surface area contributed by atoms with Gasteiger partial charge in [-0.15, -0.1) is 0 Å². The summed E-state index contributed by atoms with van der Waals surface area (Å²) in [6.07, 6.45) is 5.04. The van der Waals surface area contributed by atoms with Crippen LogP contribution in [0.4, 0.5) is 11.4 Å². The number of rotatable bonds is 2. The van der Waals surface area contributed by atoms with Gasteiger partial charge >= 0.3 is 0 Å². The molecule has 1 aromatic heterocycles. The molecule has 0 saturated heterocycles. The summed E-state index contributed by atoms with van der Waals surface area (Å²) < 4.78 is 2.10. The zero-order valence-corrected chi connectivity index (χ0v) is 12.5. The van der Waals surface area contributed by atoms with Crippen LogP contribution in [0, 0.1) is 0 Å². The first kappa shape index (κ1) is 13.0. The van der Waals surface area contributed by atoms with E-state index in [-0.39, 0.29) is 0 Å². The van der Waals surface area contributed by atoms with Crippen molar-refractivity contribution in [3.63, 3.8) is 0 Å². The van der Waals surface area contributed by atoms with E-state index in [1.165, 1.54) is 11.4 Å². The predicted molar refractivity (Wildman–Crippen MR) is 83.2 cm³/mol. The van der Waals surface area contributed by atoms with Gasteiger partial charge in [-0.25, -0.2) is 4.98 Å². The molecule has 1 aromatic carbocycles. The molecule has 0 N–H and O–H groups in total. The van der Waals surface area contributed by atoms with Gasteiger partial charge in [-0.05, 0) is 25.5 Å². The molecule has 0 amide bonds. The number of aryl methyl sites for hydroxylation is 1. The quantitative estimate of drug-likeness (QED) is 0.838. The van der Waals surface area contributed by atoms with Crippen LogP contribution in [0.5, 0.6) is 0 Å². The molecular formula is C16H22N4. The molecule has 1 atom stereocenters. The van der Waals surface area contributed by atoms with E-state index in [1.807, 2.05) is 12.4 Å². The maximum atomic E-state index is 4.47. The summed E-state index contributed by atoms with van der Waals surface area (Å²) in [6, 6.07) is 9.17. The maximum absolute atomic E-state index is 4.47. The number of fused-ring (bicyclic) bond motifs is 1. The highest BCUT2D eigenvalue weighted by Gasteiger charge is 2.24. The number of benzene rings is 1. The minimum Gasteiger partial charge on any atom is -0.373 e. The summed E-state index contributed by atoms with van der Waals surface area (Å²) in [5.74, 6) is 1.11. The zero-order valence-electron chi connectivity index (χ0n) is 12.5. The molecule has 0 aliphatic carbocycles. The molecule has 4 nitrogen and oxygen atoms in total. The van der Waals surface area contributed by atoms with Crippen LogP contribution in [0.2, 0.25) is 0 Å². The summed E-state index contributed by atoms with van der Waals surface area (Å²) in [4.78, 5) is 9.30. The van der Waals surface area contributed by atoms with Gasteiger partial charge < -0.3 is 14.4 Å². The Morgan fingerprint density at radius 2 is 1.95 bits per heavy atom. The molecule has 3 rings (SSSR count). The first-order chi connectivity index (χ1) is 9.66. The number of hydrogen-bond donors (Lipinski definition) is 0. The Morgan fingerprint density at radius 1 is 1.20 bits per heavy atom. The standard InChI is InChI=1S/C16H22N4/c1-13-8-10-18(2)14-6-4-5-7-15(14)20(13)12-16-17-9-11-19(16)3/h4-7,9,11,13H,8,10,12H2,1-3H3/t13-/m1/s1. The van der Waals surface area contributed by atoms with Gasteiger partial charge in [0, 0.05) is 39.1 Å². The van der Waals surface area contributed by atoms with Crippen LogP contribution >= 0.6 is 0 Å².